The van der Waals surface area contributed by atoms with Gasteiger partial charge in [0, 0.05) is 48.0 Å². The van der Waals surface area contributed by atoms with Gasteiger partial charge in [-0.1, -0.05) is 11.2 Å². The number of hydrogen-bond acceptors (Lipinski definition) is 6. The maximum atomic E-state index is 12.3. The summed E-state index contributed by atoms with van der Waals surface area (Å²) in [5.41, 5.74) is 4.83. The van der Waals surface area contributed by atoms with Gasteiger partial charge in [0.05, 0.1) is 22.5 Å². The molecule has 1 aliphatic rings. The first kappa shape index (κ1) is 17.5. The van der Waals surface area contributed by atoms with Crippen LogP contribution in [0.4, 0.5) is 11.4 Å². The monoisotopic (exact) mass is 380 g/mol. The number of carbonyl (C=O) groups is 1. The summed E-state index contributed by atoms with van der Waals surface area (Å²) >= 11 is 1.59. The molecular weight excluding hydrogens is 360 g/mol. The van der Waals surface area contributed by atoms with E-state index in [-0.39, 0.29) is 5.91 Å². The first-order chi connectivity index (χ1) is 13.1. The van der Waals surface area contributed by atoms with Gasteiger partial charge in [-0.2, -0.15) is 0 Å². The van der Waals surface area contributed by atoms with Gasteiger partial charge in [0.2, 0.25) is 5.91 Å². The summed E-state index contributed by atoms with van der Waals surface area (Å²) in [6, 6.07) is 8.04. The number of fused-ring (bicyclic) bond motifs is 2. The number of amides is 1. The minimum absolute atomic E-state index is 0.0651. The average Bonchev–Trinajstić information content (AvgIpc) is 3.22. The molecule has 0 bridgehead atoms. The van der Waals surface area contributed by atoms with E-state index in [1.165, 1.54) is 5.56 Å². The number of aromatic nitrogens is 1. The predicted octanol–water partition coefficient (Wildman–Crippen LogP) is 3.80. The third kappa shape index (κ3) is 3.26. The molecule has 1 aromatic carbocycles. The molecule has 0 aliphatic heterocycles. The van der Waals surface area contributed by atoms with Gasteiger partial charge in [0.1, 0.15) is 0 Å². The molecule has 2 aromatic heterocycles. The number of benzene rings is 1. The average molecular weight is 380 g/mol. The molecule has 0 unspecified atom stereocenters. The number of pyridine rings is 1. The molecule has 27 heavy (non-hydrogen) atoms. The fraction of sp³-hybridized carbons (Fsp3) is 0.250. The van der Waals surface area contributed by atoms with E-state index in [4.69, 9.17) is 5.21 Å². The Hall–Kier alpha value is -2.93. The summed E-state index contributed by atoms with van der Waals surface area (Å²) in [5, 5.41) is 17.1. The summed E-state index contributed by atoms with van der Waals surface area (Å²) in [6.07, 6.45) is 5.57. The van der Waals surface area contributed by atoms with Crippen LogP contribution < -0.4 is 5.32 Å². The topological polar surface area (TPSA) is 77.8 Å². The highest BCUT2D eigenvalue weighted by molar-refractivity contribution is 7.19. The second-order valence-electron chi connectivity index (χ2n) is 6.78. The van der Waals surface area contributed by atoms with Gasteiger partial charge in [-0.15, -0.1) is 11.3 Å². The minimum atomic E-state index is 0.0651. The van der Waals surface area contributed by atoms with Crippen molar-refractivity contribution in [3.8, 4) is 0 Å². The highest BCUT2D eigenvalue weighted by Crippen LogP contribution is 2.38. The maximum absolute atomic E-state index is 12.3. The molecule has 1 amide bonds. The summed E-state index contributed by atoms with van der Waals surface area (Å²) in [6.45, 7) is 0. The van der Waals surface area contributed by atoms with E-state index in [2.05, 4.69) is 21.5 Å². The van der Waals surface area contributed by atoms with Crippen molar-refractivity contribution in [3.05, 3.63) is 52.7 Å². The summed E-state index contributed by atoms with van der Waals surface area (Å²) in [5.74, 6) is 0.0651. The number of rotatable bonds is 4. The number of likely N-dealkylation sites (N-methyl/N-ethyl adjacent to an activating group) is 1. The van der Waals surface area contributed by atoms with E-state index < -0.39 is 0 Å². The molecule has 1 aliphatic carbocycles. The van der Waals surface area contributed by atoms with Crippen LogP contribution in [-0.2, 0) is 17.6 Å². The number of hydrogen-bond donors (Lipinski definition) is 2. The zero-order chi connectivity index (χ0) is 19.0. The molecule has 2 N–H and O–H groups in total. The molecule has 2 heterocycles. The Morgan fingerprint density at radius 2 is 2.19 bits per heavy atom. The van der Waals surface area contributed by atoms with E-state index in [9.17, 15) is 4.79 Å². The highest BCUT2D eigenvalue weighted by Gasteiger charge is 2.20. The molecule has 0 radical (unpaired) electrons. The Labute approximate surface area is 161 Å². The molecule has 7 heteroatoms. The lowest BCUT2D eigenvalue weighted by atomic mass is 10.1. The van der Waals surface area contributed by atoms with Crippen LogP contribution in [0.3, 0.4) is 0 Å². The van der Waals surface area contributed by atoms with E-state index in [1.54, 1.807) is 36.5 Å². The molecule has 0 fully saturated rings. The first-order valence-corrected chi connectivity index (χ1v) is 9.55. The van der Waals surface area contributed by atoms with Crippen molar-refractivity contribution >= 4 is 44.4 Å². The number of thiophene rings is 1. The first-order valence-electron chi connectivity index (χ1n) is 8.73. The Bertz CT molecular complexity index is 1060. The second-order valence-corrected chi connectivity index (χ2v) is 7.92. The lowest BCUT2D eigenvalue weighted by molar-refractivity contribution is -0.127. The van der Waals surface area contributed by atoms with Gasteiger partial charge in [-0.3, -0.25) is 9.78 Å². The van der Waals surface area contributed by atoms with Crippen LogP contribution in [0.1, 0.15) is 22.4 Å². The van der Waals surface area contributed by atoms with Crippen molar-refractivity contribution in [3.63, 3.8) is 0 Å². The molecule has 3 aromatic rings. The molecule has 0 saturated carbocycles. The lowest BCUT2D eigenvalue weighted by Gasteiger charge is -2.12. The van der Waals surface area contributed by atoms with Gasteiger partial charge in [0.15, 0.2) is 0 Å². The molecule has 0 spiro atoms. The van der Waals surface area contributed by atoms with Crippen molar-refractivity contribution in [1.82, 2.24) is 9.88 Å². The Morgan fingerprint density at radius 1 is 1.33 bits per heavy atom. The fourth-order valence-electron chi connectivity index (χ4n) is 3.35. The minimum Gasteiger partial charge on any atom is -0.411 e. The quantitative estimate of drug-likeness (QED) is 0.533. The van der Waals surface area contributed by atoms with E-state index in [0.29, 0.717) is 6.42 Å². The third-order valence-electron chi connectivity index (χ3n) is 4.81. The third-order valence-corrected chi connectivity index (χ3v) is 5.95. The molecule has 0 atom stereocenters. The van der Waals surface area contributed by atoms with Gasteiger partial charge in [-0.05, 0) is 36.6 Å². The van der Waals surface area contributed by atoms with Crippen molar-refractivity contribution in [1.29, 1.82) is 0 Å². The van der Waals surface area contributed by atoms with E-state index in [0.717, 1.165) is 50.5 Å². The number of anilines is 2. The second kappa shape index (κ2) is 7.00. The Kier molecular flexibility index (Phi) is 4.53. The van der Waals surface area contributed by atoms with Crippen LogP contribution in [0.2, 0.25) is 0 Å². The molecule has 0 saturated heterocycles. The number of nitrogens with zero attached hydrogens (tertiary/aromatic N) is 3. The summed E-state index contributed by atoms with van der Waals surface area (Å²) < 4.78 is 1.05. The zero-order valence-corrected chi connectivity index (χ0v) is 16.0. The maximum Gasteiger partial charge on any atom is 0.227 e. The molecule has 4 rings (SSSR count). The summed E-state index contributed by atoms with van der Waals surface area (Å²) in [4.78, 5) is 19.1. The van der Waals surface area contributed by atoms with Gasteiger partial charge >= 0.3 is 0 Å². The standard InChI is InChI=1S/C20H20N4O2S/c1-24(2)19(25)10-17-20(15-7-8-21-11-18(15)27-17)22-13-4-5-14-12(9-13)3-6-16(14)23-26/h4-5,7-9,11,22,26H,3,6,10H2,1-2H3. The molecule has 6 nitrogen and oxygen atoms in total. The van der Waals surface area contributed by atoms with Crippen LogP contribution in [0.25, 0.3) is 10.1 Å². The zero-order valence-electron chi connectivity index (χ0n) is 15.2. The van der Waals surface area contributed by atoms with Crippen LogP contribution in [0.5, 0.6) is 0 Å². The molecule has 138 valence electrons. The number of oxime groups is 1. The summed E-state index contributed by atoms with van der Waals surface area (Å²) in [7, 11) is 3.54. The largest absolute Gasteiger partial charge is 0.411 e. The van der Waals surface area contributed by atoms with Gasteiger partial charge in [-0.25, -0.2) is 0 Å². The lowest BCUT2D eigenvalue weighted by Crippen LogP contribution is -2.23. The van der Waals surface area contributed by atoms with Crippen LogP contribution in [0, 0.1) is 0 Å². The highest BCUT2D eigenvalue weighted by atomic mass is 32.1. The SMILES string of the molecule is CN(C)C(=O)Cc1sc2cnccc2c1Nc1ccc2c(c1)CCC2=NO. The predicted molar refractivity (Wildman–Crippen MR) is 108 cm³/mol. The normalized spacial score (nSPS) is 14.5. The van der Waals surface area contributed by atoms with Crippen molar-refractivity contribution in [2.75, 3.05) is 19.4 Å². The van der Waals surface area contributed by atoms with Crippen molar-refractivity contribution in [2.45, 2.75) is 19.3 Å². The van der Waals surface area contributed by atoms with Crippen LogP contribution in [0.15, 0.2) is 41.8 Å². The van der Waals surface area contributed by atoms with Gasteiger partial charge in [0.25, 0.3) is 0 Å². The van der Waals surface area contributed by atoms with Crippen LogP contribution >= 0.6 is 11.3 Å². The number of carbonyl (C=O) groups excluding carboxylic acids is 1. The van der Waals surface area contributed by atoms with E-state index in [1.807, 2.05) is 24.4 Å². The smallest absolute Gasteiger partial charge is 0.227 e. The fourth-order valence-corrected chi connectivity index (χ4v) is 4.47. The van der Waals surface area contributed by atoms with E-state index >= 15 is 0 Å². The van der Waals surface area contributed by atoms with Gasteiger partial charge < -0.3 is 15.4 Å². The number of nitrogens with one attached hydrogen (secondary N) is 1. The molecular formula is C20H20N4O2S. The van der Waals surface area contributed by atoms with Crippen molar-refractivity contribution < 1.29 is 10.0 Å². The van der Waals surface area contributed by atoms with Crippen molar-refractivity contribution in [2.24, 2.45) is 5.16 Å². The Balaban J connectivity index is 1.72. The number of aryl methyl sites for hydroxylation is 1. The Morgan fingerprint density at radius 3 is 2.96 bits per heavy atom. The van der Waals surface area contributed by atoms with Crippen LogP contribution in [-0.4, -0.2) is 40.8 Å².